The largest absolute Gasteiger partial charge is 0.472 e. The maximum Gasteiger partial charge on any atom is 0.381 e. The quantitative estimate of drug-likeness (QED) is 0.105. The van der Waals surface area contributed by atoms with Crippen LogP contribution in [0, 0.1) is 17.8 Å². The Labute approximate surface area is 262 Å². The molecule has 2 N–H and O–H groups in total. The van der Waals surface area contributed by atoms with Gasteiger partial charge in [-0.25, -0.2) is 4.79 Å². The fourth-order valence-corrected chi connectivity index (χ4v) is 12.4. The van der Waals surface area contributed by atoms with Crippen molar-refractivity contribution in [1.29, 1.82) is 0 Å². The van der Waals surface area contributed by atoms with Crippen LogP contribution >= 0.6 is 0 Å². The van der Waals surface area contributed by atoms with Crippen molar-refractivity contribution in [2.75, 3.05) is 6.61 Å². The maximum absolute atomic E-state index is 10.8. The van der Waals surface area contributed by atoms with E-state index in [0.29, 0.717) is 42.0 Å². The summed E-state index contributed by atoms with van der Waals surface area (Å²) >= 11 is 0. The van der Waals surface area contributed by atoms with Crippen LogP contribution in [0.3, 0.4) is 0 Å². The average molecular weight is 619 g/mol. The molecule has 2 aliphatic heterocycles. The van der Waals surface area contributed by atoms with Gasteiger partial charge >= 0.3 is 5.97 Å². The molecule has 0 aliphatic carbocycles. The highest BCUT2D eigenvalue weighted by Gasteiger charge is 2.46. The first-order valence-electron chi connectivity index (χ1n) is 16.1. The fraction of sp³-hybridized carbons (Fsp3) is 0.743. The van der Waals surface area contributed by atoms with Crippen molar-refractivity contribution in [1.82, 2.24) is 0 Å². The molecule has 0 bridgehead atoms. The number of hydrogen-bond donors (Lipinski definition) is 2. The van der Waals surface area contributed by atoms with Gasteiger partial charge in [0.2, 0.25) is 8.32 Å². The molecule has 0 amide bonds. The molecule has 0 aromatic rings. The second-order valence-corrected chi connectivity index (χ2v) is 19.2. The summed E-state index contributed by atoms with van der Waals surface area (Å²) in [6.45, 7) is 24.6. The van der Waals surface area contributed by atoms with E-state index >= 15 is 0 Å². The molecule has 6 atom stereocenters. The topological polar surface area (TPSA) is 94.5 Å². The number of aliphatic hydroxyl groups excluding tert-OH is 1. The highest BCUT2D eigenvalue weighted by atomic mass is 28.4. The van der Waals surface area contributed by atoms with Crippen LogP contribution in [0.1, 0.15) is 101 Å². The van der Waals surface area contributed by atoms with Crippen molar-refractivity contribution < 1.29 is 33.6 Å². The third kappa shape index (κ3) is 11.9. The minimum absolute atomic E-state index is 0.0764. The molecule has 244 valence electrons. The van der Waals surface area contributed by atoms with Gasteiger partial charge in [0.1, 0.15) is 6.10 Å². The van der Waals surface area contributed by atoms with Crippen molar-refractivity contribution in [3.63, 3.8) is 0 Å². The van der Waals surface area contributed by atoms with Gasteiger partial charge < -0.3 is 28.8 Å². The molecule has 0 aromatic carbocycles. The Balaban J connectivity index is 2.07. The third-order valence-corrected chi connectivity index (χ3v) is 14.8. The van der Waals surface area contributed by atoms with Crippen molar-refractivity contribution >= 4 is 14.3 Å². The van der Waals surface area contributed by atoms with E-state index in [0.717, 1.165) is 31.3 Å². The molecule has 2 heterocycles. The standard InChI is InChI=1S/C35H58O7Si/c1-24(2)43(25(3)4,26(5)6)42-31(17-12-18-32(36)33-23-39-35(9,10)41-33)22-28(8)20-27(7)21-30-16-11-14-29(40-30)15-13-19-34(37)38/h11-12,14,17,24-27,29-33,36H,8,15-16,18,20-23H2,1-7,9-10H3,(H,37,38)/t27-,29-,30-,31?,32+,33-/m0/s1. The Morgan fingerprint density at radius 2 is 1.79 bits per heavy atom. The van der Waals surface area contributed by atoms with Crippen LogP contribution < -0.4 is 0 Å². The number of rotatable bonds is 16. The van der Waals surface area contributed by atoms with Crippen LogP contribution in [0.5, 0.6) is 0 Å². The van der Waals surface area contributed by atoms with Crippen LogP contribution in [0.2, 0.25) is 16.6 Å². The van der Waals surface area contributed by atoms with Gasteiger partial charge in [-0.3, -0.25) is 0 Å². The van der Waals surface area contributed by atoms with E-state index in [-0.39, 0.29) is 24.4 Å². The van der Waals surface area contributed by atoms with E-state index in [4.69, 9.17) is 23.7 Å². The van der Waals surface area contributed by atoms with Gasteiger partial charge in [0.05, 0.1) is 31.0 Å². The van der Waals surface area contributed by atoms with Gasteiger partial charge in [0, 0.05) is 12.3 Å². The number of aliphatic carboxylic acids is 1. The molecule has 0 aromatic heterocycles. The summed E-state index contributed by atoms with van der Waals surface area (Å²) < 4.78 is 24.9. The molecule has 0 saturated carbocycles. The van der Waals surface area contributed by atoms with E-state index < -0.39 is 26.2 Å². The lowest BCUT2D eigenvalue weighted by atomic mass is 9.91. The lowest BCUT2D eigenvalue weighted by Gasteiger charge is -2.44. The second-order valence-electron chi connectivity index (χ2n) is 13.8. The summed E-state index contributed by atoms with van der Waals surface area (Å²) in [6.07, 6.45) is 11.2. The molecule has 1 saturated heterocycles. The van der Waals surface area contributed by atoms with E-state index in [1.807, 2.05) is 26.0 Å². The lowest BCUT2D eigenvalue weighted by Crippen LogP contribution is -2.50. The summed E-state index contributed by atoms with van der Waals surface area (Å²) in [4.78, 5) is 10.7. The smallest absolute Gasteiger partial charge is 0.381 e. The number of carboxylic acid groups (broad SMARTS) is 1. The molecule has 2 aliphatic rings. The molecule has 0 spiro atoms. The Morgan fingerprint density at radius 3 is 2.35 bits per heavy atom. The molecular weight excluding hydrogens is 560 g/mol. The Morgan fingerprint density at radius 1 is 1.14 bits per heavy atom. The number of carbonyl (C=O) groups is 1. The Bertz CT molecular complexity index is 997. The van der Waals surface area contributed by atoms with Crippen molar-refractivity contribution in [3.8, 4) is 11.8 Å². The van der Waals surface area contributed by atoms with Crippen LogP contribution in [0.15, 0.2) is 36.5 Å². The number of ether oxygens (including phenoxy) is 3. The average Bonchev–Trinajstić information content (AvgIpc) is 3.25. The SMILES string of the molecule is C=C(CC(C=CC[C@@H](O)[C@@H]1COC(C)(C)O1)O[Si](C(C)C)(C(C)C)C(C)C)C[C@H](C)C[C@@H]1CC=C[C@@H](CC#CC(=O)O)O1. The molecule has 1 fully saturated rings. The lowest BCUT2D eigenvalue weighted by molar-refractivity contribution is -0.150. The summed E-state index contributed by atoms with van der Waals surface area (Å²) in [7, 11) is -2.16. The van der Waals surface area contributed by atoms with Gasteiger partial charge in [-0.05, 0) is 68.5 Å². The zero-order valence-electron chi connectivity index (χ0n) is 28.1. The molecule has 7 nitrogen and oxygen atoms in total. The van der Waals surface area contributed by atoms with Crippen molar-refractivity contribution in [2.45, 2.75) is 154 Å². The summed E-state index contributed by atoms with van der Waals surface area (Å²) in [5.41, 5.74) is 2.51. The van der Waals surface area contributed by atoms with Crippen LogP contribution in [0.25, 0.3) is 0 Å². The Kier molecular flexibility index (Phi) is 14.9. The molecule has 1 unspecified atom stereocenters. The zero-order valence-corrected chi connectivity index (χ0v) is 29.1. The predicted octanol–water partition coefficient (Wildman–Crippen LogP) is 7.56. The fourth-order valence-electron chi connectivity index (χ4n) is 6.86. The van der Waals surface area contributed by atoms with Gasteiger partial charge in [0.25, 0.3) is 0 Å². The minimum Gasteiger partial charge on any atom is -0.472 e. The molecule has 2 rings (SSSR count). The van der Waals surface area contributed by atoms with Crippen LogP contribution in [-0.2, 0) is 23.4 Å². The molecule has 43 heavy (non-hydrogen) atoms. The maximum atomic E-state index is 10.8. The first-order valence-corrected chi connectivity index (χ1v) is 18.2. The van der Waals surface area contributed by atoms with Gasteiger partial charge in [-0.15, -0.1) is 0 Å². The highest BCUT2D eigenvalue weighted by molar-refractivity contribution is 6.77. The molecule has 8 heteroatoms. The molecular formula is C35H58O7Si. The van der Waals surface area contributed by atoms with Crippen molar-refractivity contribution in [3.05, 3.63) is 36.5 Å². The summed E-state index contributed by atoms with van der Waals surface area (Å²) in [5.74, 6) is 3.43. The van der Waals surface area contributed by atoms with E-state index in [1.54, 1.807) is 0 Å². The van der Waals surface area contributed by atoms with Gasteiger partial charge in [-0.1, -0.05) is 90.8 Å². The van der Waals surface area contributed by atoms with E-state index in [9.17, 15) is 9.90 Å². The minimum atomic E-state index is -2.16. The first-order chi connectivity index (χ1) is 20.1. The monoisotopic (exact) mass is 618 g/mol. The van der Waals surface area contributed by atoms with Gasteiger partial charge in [0.15, 0.2) is 5.79 Å². The Hall–Kier alpha value is -1.73. The van der Waals surface area contributed by atoms with E-state index in [2.05, 4.69) is 79.0 Å². The van der Waals surface area contributed by atoms with Crippen LogP contribution in [-0.4, -0.2) is 67.4 Å². The summed E-state index contributed by atoms with van der Waals surface area (Å²) in [5, 5.41) is 19.5. The number of carboxylic acids is 1. The summed E-state index contributed by atoms with van der Waals surface area (Å²) in [6, 6.07) is 0. The van der Waals surface area contributed by atoms with Crippen molar-refractivity contribution in [2.24, 2.45) is 5.92 Å². The highest BCUT2D eigenvalue weighted by Crippen LogP contribution is 2.44. The van der Waals surface area contributed by atoms with Crippen LogP contribution in [0.4, 0.5) is 0 Å². The normalized spacial score (nSPS) is 24.3. The van der Waals surface area contributed by atoms with E-state index in [1.165, 1.54) is 0 Å². The molecule has 0 radical (unpaired) electrons. The number of aliphatic hydroxyl groups is 1. The predicted molar refractivity (Wildman–Crippen MR) is 175 cm³/mol. The second kappa shape index (κ2) is 17.1. The first kappa shape index (κ1) is 37.5. The zero-order chi connectivity index (χ0) is 32.4. The van der Waals surface area contributed by atoms with Gasteiger partial charge in [-0.2, -0.15) is 0 Å². The third-order valence-electron chi connectivity index (χ3n) is 8.66. The number of hydrogen-bond acceptors (Lipinski definition) is 6.